The highest BCUT2D eigenvalue weighted by atomic mass is 79.9. The molecule has 2 nitrogen and oxygen atoms in total. The zero-order chi connectivity index (χ0) is 20.1. The fourth-order valence-electron chi connectivity index (χ4n) is 3.87. The number of aliphatic hydroxyl groups excluding tert-OH is 1. The first-order valence-electron chi connectivity index (χ1n) is 10.3. The van der Waals surface area contributed by atoms with Crippen molar-refractivity contribution in [2.75, 3.05) is 19.6 Å². The number of rotatable bonds is 9. The minimum atomic E-state index is -0.531. The van der Waals surface area contributed by atoms with Gasteiger partial charge >= 0.3 is 0 Å². The summed E-state index contributed by atoms with van der Waals surface area (Å²) < 4.78 is 2.07. The van der Waals surface area contributed by atoms with E-state index in [4.69, 9.17) is 0 Å². The maximum absolute atomic E-state index is 11.3. The molecule has 0 spiro atoms. The highest BCUT2D eigenvalue weighted by molar-refractivity contribution is 9.11. The molecule has 150 valence electrons. The molecule has 3 aromatic carbocycles. The monoisotopic (exact) mass is 505 g/mol. The number of hydrogen-bond donors (Lipinski definition) is 1. The van der Waals surface area contributed by atoms with E-state index < -0.39 is 6.10 Å². The Morgan fingerprint density at radius 3 is 2.14 bits per heavy atom. The Labute approximate surface area is 185 Å². The van der Waals surface area contributed by atoms with Gasteiger partial charge in [-0.1, -0.05) is 73.0 Å². The van der Waals surface area contributed by atoms with Crippen LogP contribution in [0.4, 0.5) is 0 Å². The Bertz CT molecular complexity index is 933. The van der Waals surface area contributed by atoms with Gasteiger partial charge in [0.05, 0.1) is 6.10 Å². The molecule has 0 aromatic heterocycles. The number of halogens is 2. The lowest BCUT2D eigenvalue weighted by molar-refractivity contribution is 0.112. The highest BCUT2D eigenvalue weighted by Gasteiger charge is 2.21. The summed E-state index contributed by atoms with van der Waals surface area (Å²) in [6.07, 6.45) is 4.16. The Morgan fingerprint density at radius 1 is 0.857 bits per heavy atom. The van der Waals surface area contributed by atoms with Crippen LogP contribution in [0.15, 0.2) is 51.4 Å². The molecule has 4 heteroatoms. The van der Waals surface area contributed by atoms with Crippen molar-refractivity contribution >= 4 is 53.4 Å². The first-order valence-corrected chi connectivity index (χ1v) is 11.8. The summed E-state index contributed by atoms with van der Waals surface area (Å²) in [7, 11) is 0. The van der Waals surface area contributed by atoms with Crippen LogP contribution in [0.2, 0.25) is 0 Å². The van der Waals surface area contributed by atoms with Crippen LogP contribution in [-0.2, 0) is 0 Å². The minimum Gasteiger partial charge on any atom is -0.387 e. The average molecular weight is 507 g/mol. The van der Waals surface area contributed by atoms with Crippen molar-refractivity contribution in [3.05, 3.63) is 57.0 Å². The van der Waals surface area contributed by atoms with E-state index in [9.17, 15) is 5.11 Å². The fraction of sp³-hybridized carbons (Fsp3) is 0.417. The van der Waals surface area contributed by atoms with Gasteiger partial charge in [0.15, 0.2) is 0 Å². The van der Waals surface area contributed by atoms with Crippen molar-refractivity contribution in [3.63, 3.8) is 0 Å². The molecular weight excluding hydrogens is 478 g/mol. The molecule has 0 aliphatic rings. The second-order valence-corrected chi connectivity index (χ2v) is 9.20. The Kier molecular flexibility index (Phi) is 7.93. The molecule has 0 aliphatic heterocycles. The van der Waals surface area contributed by atoms with Gasteiger partial charge in [0.1, 0.15) is 0 Å². The zero-order valence-electron chi connectivity index (χ0n) is 16.7. The summed E-state index contributed by atoms with van der Waals surface area (Å²) in [6, 6.07) is 14.8. The second kappa shape index (κ2) is 10.2. The molecule has 1 atom stereocenters. The summed E-state index contributed by atoms with van der Waals surface area (Å²) in [5.41, 5.74) is 0.999. The van der Waals surface area contributed by atoms with Crippen LogP contribution in [0.1, 0.15) is 51.2 Å². The van der Waals surface area contributed by atoms with E-state index in [1.54, 1.807) is 0 Å². The molecule has 0 aliphatic carbocycles. The highest BCUT2D eigenvalue weighted by Crippen LogP contribution is 2.40. The summed E-state index contributed by atoms with van der Waals surface area (Å²) >= 11 is 7.44. The van der Waals surface area contributed by atoms with Gasteiger partial charge in [-0.25, -0.2) is 0 Å². The summed E-state index contributed by atoms with van der Waals surface area (Å²) in [5.74, 6) is 0. The molecule has 0 heterocycles. The summed E-state index contributed by atoms with van der Waals surface area (Å²) in [5, 5.41) is 16.0. The molecule has 1 N–H and O–H groups in total. The topological polar surface area (TPSA) is 23.5 Å². The van der Waals surface area contributed by atoms with Gasteiger partial charge in [0, 0.05) is 21.1 Å². The van der Waals surface area contributed by atoms with E-state index in [1.807, 2.05) is 0 Å². The van der Waals surface area contributed by atoms with E-state index in [0.717, 1.165) is 38.4 Å². The van der Waals surface area contributed by atoms with Crippen molar-refractivity contribution in [2.45, 2.75) is 45.6 Å². The number of benzene rings is 3. The molecule has 0 saturated heterocycles. The Balaban J connectivity index is 2.05. The van der Waals surface area contributed by atoms with E-state index in [0.29, 0.717) is 6.54 Å². The Morgan fingerprint density at radius 2 is 1.50 bits per heavy atom. The number of unbranched alkanes of at least 4 members (excludes halogenated alkanes) is 2. The lowest BCUT2D eigenvalue weighted by atomic mass is 9.94. The summed E-state index contributed by atoms with van der Waals surface area (Å²) in [6.45, 7) is 7.20. The Hall–Kier alpha value is -0.940. The third kappa shape index (κ3) is 4.79. The van der Waals surface area contributed by atoms with Gasteiger partial charge in [-0.15, -0.1) is 0 Å². The molecule has 0 bridgehead atoms. The van der Waals surface area contributed by atoms with Crippen LogP contribution in [0.3, 0.4) is 0 Å². The maximum atomic E-state index is 11.3. The molecule has 3 aromatic rings. The molecule has 28 heavy (non-hydrogen) atoms. The van der Waals surface area contributed by atoms with E-state index in [2.05, 4.69) is 93.1 Å². The third-order valence-electron chi connectivity index (χ3n) is 5.38. The van der Waals surface area contributed by atoms with Gasteiger partial charge in [-0.05, 0) is 75.5 Å². The predicted octanol–water partition coefficient (Wildman–Crippen LogP) is 7.45. The van der Waals surface area contributed by atoms with Gasteiger partial charge < -0.3 is 10.0 Å². The molecule has 1 unspecified atom stereocenters. The van der Waals surface area contributed by atoms with Crippen LogP contribution in [0.25, 0.3) is 21.5 Å². The van der Waals surface area contributed by atoms with E-state index in [1.165, 1.54) is 36.5 Å². The van der Waals surface area contributed by atoms with Gasteiger partial charge in [-0.2, -0.15) is 0 Å². The van der Waals surface area contributed by atoms with Crippen molar-refractivity contribution in [1.29, 1.82) is 0 Å². The zero-order valence-corrected chi connectivity index (χ0v) is 19.9. The first kappa shape index (κ1) is 21.8. The van der Waals surface area contributed by atoms with Crippen LogP contribution < -0.4 is 0 Å². The van der Waals surface area contributed by atoms with Crippen molar-refractivity contribution < 1.29 is 5.11 Å². The normalized spacial score (nSPS) is 12.9. The number of hydrogen-bond acceptors (Lipinski definition) is 2. The molecule has 0 saturated carbocycles. The maximum Gasteiger partial charge on any atom is 0.0934 e. The van der Waals surface area contributed by atoms with Crippen molar-refractivity contribution in [2.24, 2.45) is 0 Å². The fourth-order valence-corrected chi connectivity index (χ4v) is 5.05. The summed E-state index contributed by atoms with van der Waals surface area (Å²) in [4.78, 5) is 2.42. The molecule has 0 fully saturated rings. The lowest BCUT2D eigenvalue weighted by Gasteiger charge is -2.27. The van der Waals surface area contributed by atoms with E-state index >= 15 is 0 Å². The van der Waals surface area contributed by atoms with Crippen molar-refractivity contribution in [1.82, 2.24) is 4.90 Å². The molecule has 0 amide bonds. The van der Waals surface area contributed by atoms with E-state index in [-0.39, 0.29) is 0 Å². The van der Waals surface area contributed by atoms with Gasteiger partial charge in [0.2, 0.25) is 0 Å². The first-order chi connectivity index (χ1) is 13.6. The quantitative estimate of drug-likeness (QED) is 0.304. The number of nitrogens with zero attached hydrogens (tertiary/aromatic N) is 1. The SMILES string of the molecule is CCCCN(CCCC)CC(O)c1c(Br)c2ccccc2c2cc(Br)ccc12. The number of fused-ring (bicyclic) bond motifs is 3. The third-order valence-corrected chi connectivity index (χ3v) is 6.73. The van der Waals surface area contributed by atoms with Crippen LogP contribution in [-0.4, -0.2) is 29.6 Å². The largest absolute Gasteiger partial charge is 0.387 e. The lowest BCUT2D eigenvalue weighted by Crippen LogP contribution is -2.31. The molecular formula is C24H29Br2NO. The van der Waals surface area contributed by atoms with Crippen LogP contribution in [0.5, 0.6) is 0 Å². The van der Waals surface area contributed by atoms with Crippen LogP contribution >= 0.6 is 31.9 Å². The van der Waals surface area contributed by atoms with Crippen LogP contribution in [0, 0.1) is 0 Å². The van der Waals surface area contributed by atoms with Gasteiger partial charge in [-0.3, -0.25) is 0 Å². The smallest absolute Gasteiger partial charge is 0.0934 e. The predicted molar refractivity (Wildman–Crippen MR) is 128 cm³/mol. The molecule has 3 rings (SSSR count). The molecule has 0 radical (unpaired) electrons. The second-order valence-electron chi connectivity index (χ2n) is 7.49. The minimum absolute atomic E-state index is 0.531. The van der Waals surface area contributed by atoms with Crippen molar-refractivity contribution in [3.8, 4) is 0 Å². The number of aliphatic hydroxyl groups is 1. The van der Waals surface area contributed by atoms with Gasteiger partial charge in [0.25, 0.3) is 0 Å². The average Bonchev–Trinajstić information content (AvgIpc) is 2.70. The standard InChI is InChI=1S/C24H29Br2NO/c1-3-5-13-27(14-6-4-2)16-22(28)23-19-12-11-17(25)15-21(19)18-9-7-8-10-20(18)24(23)26/h7-12,15,22,28H,3-6,13-14,16H2,1-2H3.